The van der Waals surface area contributed by atoms with Crippen molar-refractivity contribution in [3.63, 3.8) is 0 Å². The topological polar surface area (TPSA) is 62.5 Å². The van der Waals surface area contributed by atoms with Crippen molar-refractivity contribution in [2.45, 2.75) is 39.7 Å². The molecule has 2 aromatic rings. The van der Waals surface area contributed by atoms with Crippen molar-refractivity contribution in [1.82, 2.24) is 15.8 Å². The van der Waals surface area contributed by atoms with E-state index in [0.29, 0.717) is 12.5 Å². The van der Waals surface area contributed by atoms with E-state index in [1.54, 1.807) is 11.3 Å². The highest BCUT2D eigenvalue weighted by Gasteiger charge is 2.08. The number of nitrogens with one attached hydrogen (secondary N) is 2. The molecule has 0 aromatic carbocycles. The average molecular weight is 320 g/mol. The van der Waals surface area contributed by atoms with E-state index in [1.807, 2.05) is 6.07 Å². The first-order valence-corrected chi connectivity index (χ1v) is 8.61. The lowest BCUT2D eigenvalue weighted by Gasteiger charge is -2.14. The van der Waals surface area contributed by atoms with E-state index in [9.17, 15) is 0 Å². The minimum Gasteiger partial charge on any atom is -0.359 e. The van der Waals surface area contributed by atoms with Gasteiger partial charge in [0.05, 0.1) is 5.69 Å². The molecule has 0 saturated carbocycles. The second-order valence-corrected chi connectivity index (χ2v) is 6.11. The summed E-state index contributed by atoms with van der Waals surface area (Å²) in [5, 5.41) is 12.7. The molecule has 120 valence electrons. The van der Waals surface area contributed by atoms with Crippen molar-refractivity contribution < 1.29 is 4.52 Å². The maximum absolute atomic E-state index is 5.26. The molecule has 0 saturated heterocycles. The maximum Gasteiger partial charge on any atom is 0.191 e. The zero-order valence-electron chi connectivity index (χ0n) is 13.4. The molecule has 2 aromatic heterocycles. The largest absolute Gasteiger partial charge is 0.359 e. The zero-order valence-corrected chi connectivity index (χ0v) is 14.2. The van der Waals surface area contributed by atoms with Crippen LogP contribution in [0.4, 0.5) is 0 Å². The van der Waals surface area contributed by atoms with Crippen LogP contribution in [0.25, 0.3) is 0 Å². The molecule has 0 aliphatic rings. The molecule has 0 amide bonds. The van der Waals surface area contributed by atoms with Gasteiger partial charge in [-0.2, -0.15) is 0 Å². The van der Waals surface area contributed by atoms with Crippen LogP contribution in [0.5, 0.6) is 0 Å². The third kappa shape index (κ3) is 4.87. The normalized spacial score (nSPS) is 13.1. The van der Waals surface area contributed by atoms with Crippen molar-refractivity contribution in [3.05, 3.63) is 39.9 Å². The number of aromatic nitrogens is 1. The Morgan fingerprint density at radius 3 is 2.91 bits per heavy atom. The van der Waals surface area contributed by atoms with Crippen LogP contribution >= 0.6 is 11.3 Å². The molecule has 0 aliphatic carbocycles. The fourth-order valence-electron chi connectivity index (χ4n) is 2.02. The van der Waals surface area contributed by atoms with Gasteiger partial charge in [0.1, 0.15) is 6.54 Å². The van der Waals surface area contributed by atoms with Gasteiger partial charge >= 0.3 is 0 Å². The maximum atomic E-state index is 5.26. The molecule has 0 aliphatic heterocycles. The molecule has 5 nitrogen and oxygen atoms in total. The number of aliphatic imine (C=N–C) groups is 1. The van der Waals surface area contributed by atoms with E-state index in [4.69, 9.17) is 4.52 Å². The van der Waals surface area contributed by atoms with Gasteiger partial charge in [0.2, 0.25) is 0 Å². The molecule has 0 radical (unpaired) electrons. The second-order valence-electron chi connectivity index (χ2n) is 5.13. The van der Waals surface area contributed by atoms with E-state index in [1.165, 1.54) is 4.88 Å². The van der Waals surface area contributed by atoms with Gasteiger partial charge in [0.15, 0.2) is 11.7 Å². The summed E-state index contributed by atoms with van der Waals surface area (Å²) < 4.78 is 5.26. The monoisotopic (exact) mass is 320 g/mol. The van der Waals surface area contributed by atoms with Gasteiger partial charge in [0, 0.05) is 30.0 Å². The summed E-state index contributed by atoms with van der Waals surface area (Å²) in [4.78, 5) is 5.93. The van der Waals surface area contributed by atoms with Crippen molar-refractivity contribution in [2.75, 3.05) is 13.1 Å². The first kappa shape index (κ1) is 16.5. The van der Waals surface area contributed by atoms with Gasteiger partial charge in [-0.25, -0.2) is 4.99 Å². The molecular formula is C16H24N4OS. The van der Waals surface area contributed by atoms with Crippen molar-refractivity contribution >= 4 is 17.3 Å². The van der Waals surface area contributed by atoms with Crippen LogP contribution in [-0.4, -0.2) is 24.2 Å². The Bertz CT molecular complexity index is 577. The number of hydrogen-bond acceptors (Lipinski definition) is 4. The van der Waals surface area contributed by atoms with Crippen molar-refractivity contribution in [2.24, 2.45) is 4.99 Å². The molecule has 0 spiro atoms. The summed E-state index contributed by atoms with van der Waals surface area (Å²) in [6.07, 6.45) is 0.879. The van der Waals surface area contributed by atoms with Crippen LogP contribution < -0.4 is 10.6 Å². The summed E-state index contributed by atoms with van der Waals surface area (Å²) in [6.45, 7) is 8.51. The van der Waals surface area contributed by atoms with Crippen LogP contribution in [0.1, 0.15) is 43.0 Å². The third-order valence-electron chi connectivity index (χ3n) is 3.31. The first-order chi connectivity index (χ1) is 10.7. The Balaban J connectivity index is 1.89. The summed E-state index contributed by atoms with van der Waals surface area (Å²) in [5.41, 5.74) is 0.967. The quantitative estimate of drug-likeness (QED) is 0.608. The Morgan fingerprint density at radius 1 is 1.41 bits per heavy atom. The zero-order chi connectivity index (χ0) is 15.8. The summed E-state index contributed by atoms with van der Waals surface area (Å²) in [6, 6.07) is 6.22. The summed E-state index contributed by atoms with van der Waals surface area (Å²) in [7, 11) is 0. The Labute approximate surface area is 135 Å². The molecule has 0 bridgehead atoms. The lowest BCUT2D eigenvalue weighted by atomic mass is 10.1. The lowest BCUT2D eigenvalue weighted by Crippen LogP contribution is -2.39. The standard InChI is InChI=1S/C16H24N4OS/c1-4-13-9-14(21-20-13)11-19-16(17-5-2)18-10-12(3)15-7-6-8-22-15/h6-9,12H,4-5,10-11H2,1-3H3,(H2,17,18,19). The van der Waals surface area contributed by atoms with Crippen LogP contribution in [0.15, 0.2) is 33.1 Å². The number of aryl methyl sites for hydroxylation is 1. The van der Waals surface area contributed by atoms with E-state index in [-0.39, 0.29) is 0 Å². The second kappa shape index (κ2) is 8.58. The molecule has 1 unspecified atom stereocenters. The van der Waals surface area contributed by atoms with E-state index in [0.717, 1.165) is 36.9 Å². The lowest BCUT2D eigenvalue weighted by molar-refractivity contribution is 0.379. The fourth-order valence-corrected chi connectivity index (χ4v) is 2.80. The molecule has 0 fully saturated rings. The van der Waals surface area contributed by atoms with Crippen LogP contribution in [0, 0.1) is 0 Å². The Morgan fingerprint density at radius 2 is 2.27 bits per heavy atom. The predicted octanol–water partition coefficient (Wildman–Crippen LogP) is 3.16. The van der Waals surface area contributed by atoms with Gasteiger partial charge in [0.25, 0.3) is 0 Å². The molecule has 6 heteroatoms. The van der Waals surface area contributed by atoms with E-state index < -0.39 is 0 Å². The van der Waals surface area contributed by atoms with Crippen molar-refractivity contribution in [1.29, 1.82) is 0 Å². The predicted molar refractivity (Wildman–Crippen MR) is 91.4 cm³/mol. The molecule has 2 rings (SSSR count). The minimum absolute atomic E-state index is 0.459. The highest BCUT2D eigenvalue weighted by atomic mass is 32.1. The number of hydrogen-bond donors (Lipinski definition) is 2. The Hall–Kier alpha value is -1.82. The van der Waals surface area contributed by atoms with Gasteiger partial charge in [-0.1, -0.05) is 25.1 Å². The first-order valence-electron chi connectivity index (χ1n) is 7.73. The number of nitrogens with zero attached hydrogens (tertiary/aromatic N) is 2. The van der Waals surface area contributed by atoms with E-state index in [2.05, 4.69) is 59.1 Å². The van der Waals surface area contributed by atoms with Gasteiger partial charge < -0.3 is 15.2 Å². The molecule has 1 atom stereocenters. The van der Waals surface area contributed by atoms with Gasteiger partial charge in [-0.3, -0.25) is 0 Å². The molecule has 22 heavy (non-hydrogen) atoms. The van der Waals surface area contributed by atoms with Crippen molar-refractivity contribution in [3.8, 4) is 0 Å². The SMILES string of the molecule is CCNC(=NCc1cc(CC)no1)NCC(C)c1cccs1. The van der Waals surface area contributed by atoms with Crippen LogP contribution in [0.2, 0.25) is 0 Å². The number of guanidine groups is 1. The molecule has 2 heterocycles. The summed E-state index contributed by atoms with van der Waals surface area (Å²) >= 11 is 1.79. The van der Waals surface area contributed by atoms with Gasteiger partial charge in [-0.15, -0.1) is 11.3 Å². The molecule has 2 N–H and O–H groups in total. The Kier molecular flexibility index (Phi) is 6.45. The minimum atomic E-state index is 0.459. The highest BCUT2D eigenvalue weighted by Crippen LogP contribution is 2.19. The van der Waals surface area contributed by atoms with E-state index >= 15 is 0 Å². The third-order valence-corrected chi connectivity index (χ3v) is 4.42. The molecular weight excluding hydrogens is 296 g/mol. The fraction of sp³-hybridized carbons (Fsp3) is 0.500. The van der Waals surface area contributed by atoms with Crippen LogP contribution in [-0.2, 0) is 13.0 Å². The summed E-state index contributed by atoms with van der Waals surface area (Å²) in [5.74, 6) is 2.06. The van der Waals surface area contributed by atoms with Gasteiger partial charge in [-0.05, 0) is 24.8 Å². The van der Waals surface area contributed by atoms with Crippen LogP contribution in [0.3, 0.4) is 0 Å². The average Bonchev–Trinajstić information content (AvgIpc) is 3.20. The number of thiophene rings is 1. The smallest absolute Gasteiger partial charge is 0.191 e. The number of rotatable bonds is 7. The highest BCUT2D eigenvalue weighted by molar-refractivity contribution is 7.10.